The molecule has 0 aliphatic heterocycles. The Morgan fingerprint density at radius 3 is 2.40 bits per heavy atom. The molecule has 0 heterocycles. The standard InChI is InChI=1S/C16H28N2O2/c1-6-14(19)17-13-10-12(9-8-11(13)3)16(4,5)18-15(20)7-2/h8,12-13H,6-7,9-10H2,1-5H3,(H,17,19)(H,18,20)/t12?,13-/m1/s1. The lowest BCUT2D eigenvalue weighted by Crippen LogP contribution is -2.52. The van der Waals surface area contributed by atoms with Crippen molar-refractivity contribution in [2.75, 3.05) is 0 Å². The van der Waals surface area contributed by atoms with Crippen molar-refractivity contribution in [1.29, 1.82) is 0 Å². The van der Waals surface area contributed by atoms with Crippen LogP contribution in [-0.4, -0.2) is 23.4 Å². The van der Waals surface area contributed by atoms with E-state index in [2.05, 4.69) is 37.5 Å². The minimum absolute atomic E-state index is 0.0791. The molecule has 4 nitrogen and oxygen atoms in total. The van der Waals surface area contributed by atoms with Gasteiger partial charge in [-0.2, -0.15) is 0 Å². The summed E-state index contributed by atoms with van der Waals surface area (Å²) in [6.07, 6.45) is 5.02. The van der Waals surface area contributed by atoms with Gasteiger partial charge in [0.25, 0.3) is 0 Å². The number of hydrogen-bond donors (Lipinski definition) is 2. The average Bonchev–Trinajstić information content (AvgIpc) is 2.40. The van der Waals surface area contributed by atoms with Crippen LogP contribution in [0.15, 0.2) is 11.6 Å². The van der Waals surface area contributed by atoms with Crippen molar-refractivity contribution in [2.24, 2.45) is 5.92 Å². The maximum Gasteiger partial charge on any atom is 0.220 e. The molecule has 1 aliphatic carbocycles. The van der Waals surface area contributed by atoms with Crippen LogP contribution < -0.4 is 10.6 Å². The largest absolute Gasteiger partial charge is 0.351 e. The molecule has 2 N–H and O–H groups in total. The molecule has 20 heavy (non-hydrogen) atoms. The first-order chi connectivity index (χ1) is 9.30. The number of hydrogen-bond acceptors (Lipinski definition) is 2. The molecule has 4 heteroatoms. The summed E-state index contributed by atoms with van der Waals surface area (Å²) < 4.78 is 0. The molecule has 0 aromatic heterocycles. The number of carbonyl (C=O) groups is 2. The molecule has 0 spiro atoms. The maximum absolute atomic E-state index is 11.6. The van der Waals surface area contributed by atoms with E-state index in [1.807, 2.05) is 13.8 Å². The van der Waals surface area contributed by atoms with Gasteiger partial charge in [0.1, 0.15) is 0 Å². The van der Waals surface area contributed by atoms with E-state index in [1.54, 1.807) is 0 Å². The minimum atomic E-state index is -0.251. The lowest BCUT2D eigenvalue weighted by molar-refractivity contribution is -0.124. The van der Waals surface area contributed by atoms with Crippen LogP contribution in [0.1, 0.15) is 60.3 Å². The average molecular weight is 280 g/mol. The van der Waals surface area contributed by atoms with E-state index < -0.39 is 0 Å². The van der Waals surface area contributed by atoms with E-state index in [0.717, 1.165) is 12.8 Å². The van der Waals surface area contributed by atoms with Crippen molar-refractivity contribution in [1.82, 2.24) is 10.6 Å². The van der Waals surface area contributed by atoms with Gasteiger partial charge >= 0.3 is 0 Å². The molecule has 0 radical (unpaired) electrons. The fraction of sp³-hybridized carbons (Fsp3) is 0.750. The first-order valence-electron chi connectivity index (χ1n) is 7.57. The van der Waals surface area contributed by atoms with E-state index in [0.29, 0.717) is 18.8 Å². The highest BCUT2D eigenvalue weighted by Crippen LogP contribution is 2.32. The van der Waals surface area contributed by atoms with Crippen molar-refractivity contribution in [3.05, 3.63) is 11.6 Å². The van der Waals surface area contributed by atoms with Gasteiger partial charge in [-0.1, -0.05) is 25.5 Å². The fourth-order valence-electron chi connectivity index (χ4n) is 2.65. The van der Waals surface area contributed by atoms with Crippen molar-refractivity contribution >= 4 is 11.8 Å². The van der Waals surface area contributed by atoms with Gasteiger partial charge in [0.05, 0.1) is 6.04 Å². The van der Waals surface area contributed by atoms with E-state index in [-0.39, 0.29) is 23.4 Å². The van der Waals surface area contributed by atoms with Crippen LogP contribution in [0, 0.1) is 5.92 Å². The summed E-state index contributed by atoms with van der Waals surface area (Å²) in [5.74, 6) is 0.498. The Balaban J connectivity index is 2.74. The van der Waals surface area contributed by atoms with Gasteiger partial charge in [0.15, 0.2) is 0 Å². The Hall–Kier alpha value is -1.32. The fourth-order valence-corrected chi connectivity index (χ4v) is 2.65. The van der Waals surface area contributed by atoms with E-state index in [9.17, 15) is 9.59 Å². The van der Waals surface area contributed by atoms with Gasteiger partial charge in [-0.05, 0) is 39.5 Å². The summed E-state index contributed by atoms with van der Waals surface area (Å²) in [6, 6.07) is 0.0963. The Morgan fingerprint density at radius 1 is 1.25 bits per heavy atom. The van der Waals surface area contributed by atoms with Crippen molar-refractivity contribution < 1.29 is 9.59 Å². The second-order valence-corrected chi connectivity index (χ2v) is 6.21. The van der Waals surface area contributed by atoms with Crippen molar-refractivity contribution in [3.63, 3.8) is 0 Å². The zero-order chi connectivity index (χ0) is 15.3. The van der Waals surface area contributed by atoms with Crippen LogP contribution in [-0.2, 0) is 9.59 Å². The maximum atomic E-state index is 11.6. The molecule has 2 amide bonds. The summed E-state index contributed by atoms with van der Waals surface area (Å²) in [7, 11) is 0. The van der Waals surface area contributed by atoms with Gasteiger partial charge < -0.3 is 10.6 Å². The lowest BCUT2D eigenvalue weighted by Gasteiger charge is -2.40. The zero-order valence-electron chi connectivity index (χ0n) is 13.4. The number of amides is 2. The highest BCUT2D eigenvalue weighted by Gasteiger charge is 2.34. The monoisotopic (exact) mass is 280 g/mol. The quantitative estimate of drug-likeness (QED) is 0.760. The number of rotatable bonds is 5. The van der Waals surface area contributed by atoms with Gasteiger partial charge in [-0.25, -0.2) is 0 Å². The Kier molecular flexibility index (Phi) is 5.78. The Morgan fingerprint density at radius 2 is 1.85 bits per heavy atom. The summed E-state index contributed by atoms with van der Waals surface area (Å²) in [5.41, 5.74) is 0.972. The highest BCUT2D eigenvalue weighted by atomic mass is 16.2. The second-order valence-electron chi connectivity index (χ2n) is 6.21. The number of nitrogens with one attached hydrogen (secondary N) is 2. The first-order valence-corrected chi connectivity index (χ1v) is 7.57. The van der Waals surface area contributed by atoms with Crippen LogP contribution in [0.5, 0.6) is 0 Å². The van der Waals surface area contributed by atoms with E-state index in [1.165, 1.54) is 5.57 Å². The van der Waals surface area contributed by atoms with Gasteiger partial charge in [0.2, 0.25) is 11.8 Å². The second kappa shape index (κ2) is 6.91. The van der Waals surface area contributed by atoms with Gasteiger partial charge in [-0.3, -0.25) is 9.59 Å². The molecule has 1 unspecified atom stereocenters. The third kappa shape index (κ3) is 4.36. The molecule has 114 valence electrons. The van der Waals surface area contributed by atoms with Gasteiger partial charge in [-0.15, -0.1) is 0 Å². The molecular weight excluding hydrogens is 252 g/mol. The highest BCUT2D eigenvalue weighted by molar-refractivity contribution is 5.77. The first kappa shape index (κ1) is 16.7. The number of carbonyl (C=O) groups excluding carboxylic acids is 2. The summed E-state index contributed by atoms with van der Waals surface area (Å²) in [6.45, 7) is 9.92. The lowest BCUT2D eigenvalue weighted by atomic mass is 9.75. The van der Waals surface area contributed by atoms with Crippen LogP contribution in [0.25, 0.3) is 0 Å². The zero-order valence-corrected chi connectivity index (χ0v) is 13.4. The van der Waals surface area contributed by atoms with Crippen LogP contribution in [0.4, 0.5) is 0 Å². The predicted molar refractivity (Wildman–Crippen MR) is 81.2 cm³/mol. The van der Waals surface area contributed by atoms with Crippen LogP contribution >= 0.6 is 0 Å². The minimum Gasteiger partial charge on any atom is -0.351 e. The summed E-state index contributed by atoms with van der Waals surface area (Å²) in [4.78, 5) is 23.2. The Bertz CT molecular complexity index is 399. The molecule has 0 bridgehead atoms. The molecule has 0 saturated carbocycles. The topological polar surface area (TPSA) is 58.2 Å². The third-order valence-corrected chi connectivity index (χ3v) is 4.25. The molecule has 0 aromatic rings. The predicted octanol–water partition coefficient (Wildman–Crippen LogP) is 2.54. The smallest absolute Gasteiger partial charge is 0.220 e. The molecule has 0 aromatic carbocycles. The van der Waals surface area contributed by atoms with Gasteiger partial charge in [0, 0.05) is 18.4 Å². The van der Waals surface area contributed by atoms with Crippen LogP contribution in [0.2, 0.25) is 0 Å². The summed E-state index contributed by atoms with van der Waals surface area (Å²) >= 11 is 0. The molecule has 1 aliphatic rings. The van der Waals surface area contributed by atoms with E-state index >= 15 is 0 Å². The molecular formula is C16H28N2O2. The van der Waals surface area contributed by atoms with Crippen LogP contribution in [0.3, 0.4) is 0 Å². The molecule has 1 rings (SSSR count). The molecule has 0 fully saturated rings. The van der Waals surface area contributed by atoms with E-state index in [4.69, 9.17) is 0 Å². The Labute approximate surface area is 122 Å². The molecule has 2 atom stereocenters. The normalized spacial score (nSPS) is 22.9. The van der Waals surface area contributed by atoms with Crippen molar-refractivity contribution in [2.45, 2.75) is 71.9 Å². The molecule has 0 saturated heterocycles. The third-order valence-electron chi connectivity index (χ3n) is 4.25. The SMILES string of the molecule is CCC(=O)N[C@@H]1CC(C(C)(C)NC(=O)CC)CC=C1C. The van der Waals surface area contributed by atoms with Crippen molar-refractivity contribution in [3.8, 4) is 0 Å². The summed E-state index contributed by atoms with van der Waals surface area (Å²) in [5, 5.41) is 6.17. The number of allylic oxidation sites excluding steroid dienone is 1.